The molecular weight excluding hydrogens is 328 g/mol. The second-order valence-corrected chi connectivity index (χ2v) is 5.84. The molecule has 0 aromatic heterocycles. The van der Waals surface area contributed by atoms with Crippen LogP contribution in [0.5, 0.6) is 11.5 Å². The third kappa shape index (κ3) is 5.45. The first-order valence-electron chi connectivity index (χ1n) is 7.99. The molecule has 1 amide bonds. The van der Waals surface area contributed by atoms with Crippen LogP contribution in [0.25, 0.3) is 0 Å². The van der Waals surface area contributed by atoms with Crippen LogP contribution in [0.15, 0.2) is 36.4 Å². The van der Waals surface area contributed by atoms with Crippen molar-refractivity contribution in [3.8, 4) is 11.5 Å². The number of benzene rings is 2. The van der Waals surface area contributed by atoms with E-state index in [0.29, 0.717) is 23.2 Å². The van der Waals surface area contributed by atoms with E-state index in [2.05, 4.69) is 10.1 Å². The SMILES string of the molecule is Cc1cc(C(=O)NCCCc2ccc(O)cc2)cc(C)c1OC(F)F. The Labute approximate surface area is 145 Å². The summed E-state index contributed by atoms with van der Waals surface area (Å²) < 4.78 is 29.3. The Kier molecular flexibility index (Phi) is 6.33. The monoisotopic (exact) mass is 349 g/mol. The van der Waals surface area contributed by atoms with Crippen LogP contribution in [0.4, 0.5) is 8.78 Å². The minimum atomic E-state index is -2.89. The summed E-state index contributed by atoms with van der Waals surface area (Å²) in [5, 5.41) is 12.1. The molecular formula is C19H21F2NO3. The van der Waals surface area contributed by atoms with Crippen molar-refractivity contribution in [2.45, 2.75) is 33.3 Å². The zero-order chi connectivity index (χ0) is 18.4. The predicted molar refractivity (Wildman–Crippen MR) is 91.3 cm³/mol. The number of amides is 1. The smallest absolute Gasteiger partial charge is 0.387 e. The number of phenols is 1. The number of nitrogens with one attached hydrogen (secondary N) is 1. The zero-order valence-electron chi connectivity index (χ0n) is 14.2. The van der Waals surface area contributed by atoms with Crippen LogP contribution in [0.3, 0.4) is 0 Å². The number of ether oxygens (including phenoxy) is 1. The molecule has 134 valence electrons. The summed E-state index contributed by atoms with van der Waals surface area (Å²) in [7, 11) is 0. The number of carbonyl (C=O) groups is 1. The maximum absolute atomic E-state index is 12.4. The highest BCUT2D eigenvalue weighted by Gasteiger charge is 2.14. The van der Waals surface area contributed by atoms with E-state index in [1.54, 1.807) is 38.1 Å². The maximum atomic E-state index is 12.4. The maximum Gasteiger partial charge on any atom is 0.387 e. The molecule has 0 aliphatic heterocycles. The van der Waals surface area contributed by atoms with Crippen LogP contribution in [0.2, 0.25) is 0 Å². The Morgan fingerprint density at radius 2 is 1.76 bits per heavy atom. The summed E-state index contributed by atoms with van der Waals surface area (Å²) in [5.41, 5.74) is 2.48. The highest BCUT2D eigenvalue weighted by Crippen LogP contribution is 2.26. The summed E-state index contributed by atoms with van der Waals surface area (Å²) in [5.74, 6) is 0.0847. The van der Waals surface area contributed by atoms with Crippen LogP contribution in [-0.2, 0) is 6.42 Å². The lowest BCUT2D eigenvalue weighted by Gasteiger charge is -2.13. The number of hydrogen-bond donors (Lipinski definition) is 2. The molecule has 0 bridgehead atoms. The van der Waals surface area contributed by atoms with Gasteiger partial charge in [-0.3, -0.25) is 4.79 Å². The fraction of sp³-hybridized carbons (Fsp3) is 0.316. The van der Waals surface area contributed by atoms with Gasteiger partial charge in [0.05, 0.1) is 0 Å². The number of carbonyl (C=O) groups excluding carboxylic acids is 1. The molecule has 0 aliphatic carbocycles. The fourth-order valence-electron chi connectivity index (χ4n) is 2.62. The molecule has 0 atom stereocenters. The zero-order valence-corrected chi connectivity index (χ0v) is 14.2. The minimum absolute atomic E-state index is 0.110. The number of hydrogen-bond acceptors (Lipinski definition) is 3. The van der Waals surface area contributed by atoms with Gasteiger partial charge < -0.3 is 15.2 Å². The fourth-order valence-corrected chi connectivity index (χ4v) is 2.62. The molecule has 2 aromatic carbocycles. The van der Waals surface area contributed by atoms with E-state index in [4.69, 9.17) is 0 Å². The Morgan fingerprint density at radius 1 is 1.16 bits per heavy atom. The average Bonchev–Trinajstić information content (AvgIpc) is 2.56. The van der Waals surface area contributed by atoms with E-state index >= 15 is 0 Å². The van der Waals surface area contributed by atoms with E-state index in [9.17, 15) is 18.7 Å². The second kappa shape index (κ2) is 8.46. The first kappa shape index (κ1) is 18.7. The first-order valence-corrected chi connectivity index (χ1v) is 7.99. The van der Waals surface area contributed by atoms with Crippen LogP contribution in [0, 0.1) is 13.8 Å². The molecule has 0 radical (unpaired) electrons. The van der Waals surface area contributed by atoms with Crippen molar-refractivity contribution in [2.75, 3.05) is 6.54 Å². The first-order chi connectivity index (χ1) is 11.9. The van der Waals surface area contributed by atoms with Crippen molar-refractivity contribution < 1.29 is 23.4 Å². The van der Waals surface area contributed by atoms with Crippen LogP contribution in [-0.4, -0.2) is 24.2 Å². The van der Waals surface area contributed by atoms with Crippen LogP contribution >= 0.6 is 0 Å². The molecule has 25 heavy (non-hydrogen) atoms. The van der Waals surface area contributed by atoms with Gasteiger partial charge in [-0.15, -0.1) is 0 Å². The lowest BCUT2D eigenvalue weighted by atomic mass is 10.0. The lowest BCUT2D eigenvalue weighted by Crippen LogP contribution is -2.25. The molecule has 0 spiro atoms. The normalized spacial score (nSPS) is 10.8. The number of aromatic hydroxyl groups is 1. The summed E-state index contributed by atoms with van der Waals surface area (Å²) in [6.07, 6.45) is 1.53. The third-order valence-electron chi connectivity index (χ3n) is 3.79. The van der Waals surface area contributed by atoms with Crippen molar-refractivity contribution in [1.29, 1.82) is 0 Å². The Bertz CT molecular complexity index is 707. The average molecular weight is 349 g/mol. The van der Waals surface area contributed by atoms with Crippen LogP contribution in [0.1, 0.15) is 33.5 Å². The highest BCUT2D eigenvalue weighted by atomic mass is 19.3. The van der Waals surface area contributed by atoms with Gasteiger partial charge in [0.1, 0.15) is 11.5 Å². The van der Waals surface area contributed by atoms with Crippen molar-refractivity contribution in [2.24, 2.45) is 0 Å². The quantitative estimate of drug-likeness (QED) is 0.744. The van der Waals surface area contributed by atoms with Gasteiger partial charge in [-0.25, -0.2) is 0 Å². The van der Waals surface area contributed by atoms with E-state index < -0.39 is 6.61 Å². The standard InChI is InChI=1S/C19H21F2NO3/c1-12-10-15(11-13(2)17(12)25-19(20)21)18(24)22-9-3-4-14-5-7-16(23)8-6-14/h5-8,10-11,19,23H,3-4,9H2,1-2H3,(H,22,24). The largest absolute Gasteiger partial charge is 0.508 e. The molecule has 0 heterocycles. The minimum Gasteiger partial charge on any atom is -0.508 e. The summed E-state index contributed by atoms with van der Waals surface area (Å²) >= 11 is 0. The molecule has 0 fully saturated rings. The Morgan fingerprint density at radius 3 is 2.32 bits per heavy atom. The van der Waals surface area contributed by atoms with E-state index in [1.165, 1.54) is 0 Å². The van der Waals surface area contributed by atoms with E-state index in [1.807, 2.05) is 12.1 Å². The van der Waals surface area contributed by atoms with Gasteiger partial charge in [-0.2, -0.15) is 8.78 Å². The van der Waals surface area contributed by atoms with Crippen molar-refractivity contribution in [3.63, 3.8) is 0 Å². The Balaban J connectivity index is 1.89. The summed E-state index contributed by atoms with van der Waals surface area (Å²) in [6, 6.07) is 10.0. The number of alkyl halides is 2. The number of aryl methyl sites for hydroxylation is 3. The molecule has 0 unspecified atom stereocenters. The third-order valence-corrected chi connectivity index (χ3v) is 3.79. The lowest BCUT2D eigenvalue weighted by molar-refractivity contribution is -0.0507. The van der Waals surface area contributed by atoms with E-state index in [0.717, 1.165) is 18.4 Å². The molecule has 2 rings (SSSR count). The summed E-state index contributed by atoms with van der Waals surface area (Å²) in [4.78, 5) is 12.2. The topological polar surface area (TPSA) is 58.6 Å². The molecule has 0 saturated heterocycles. The molecule has 6 heteroatoms. The van der Waals surface area contributed by atoms with Gasteiger partial charge in [-0.05, 0) is 67.6 Å². The molecule has 0 aliphatic rings. The van der Waals surface area contributed by atoms with Crippen molar-refractivity contribution >= 4 is 5.91 Å². The molecule has 2 aromatic rings. The van der Waals surface area contributed by atoms with Gasteiger partial charge in [0.2, 0.25) is 0 Å². The van der Waals surface area contributed by atoms with Gasteiger partial charge >= 0.3 is 6.61 Å². The highest BCUT2D eigenvalue weighted by molar-refractivity contribution is 5.94. The van der Waals surface area contributed by atoms with Gasteiger partial charge in [0.15, 0.2) is 0 Å². The number of phenolic OH excluding ortho intramolecular Hbond substituents is 1. The molecule has 2 N–H and O–H groups in total. The number of halogens is 2. The van der Waals surface area contributed by atoms with Gasteiger partial charge in [0.25, 0.3) is 5.91 Å². The second-order valence-electron chi connectivity index (χ2n) is 5.84. The van der Waals surface area contributed by atoms with Crippen molar-refractivity contribution in [3.05, 3.63) is 58.7 Å². The van der Waals surface area contributed by atoms with E-state index in [-0.39, 0.29) is 17.4 Å². The molecule has 4 nitrogen and oxygen atoms in total. The Hall–Kier alpha value is -2.63. The summed E-state index contributed by atoms with van der Waals surface area (Å²) in [6.45, 7) is 0.864. The van der Waals surface area contributed by atoms with Gasteiger partial charge in [-0.1, -0.05) is 12.1 Å². The molecule has 0 saturated carbocycles. The number of rotatable bonds is 7. The van der Waals surface area contributed by atoms with Crippen LogP contribution < -0.4 is 10.1 Å². The van der Waals surface area contributed by atoms with Gasteiger partial charge in [0, 0.05) is 12.1 Å². The van der Waals surface area contributed by atoms with Crippen molar-refractivity contribution in [1.82, 2.24) is 5.32 Å². The predicted octanol–water partition coefficient (Wildman–Crippen LogP) is 3.97.